The van der Waals surface area contributed by atoms with E-state index in [2.05, 4.69) is 4.99 Å². The van der Waals surface area contributed by atoms with E-state index in [0.29, 0.717) is 5.56 Å². The molecule has 23 heavy (non-hydrogen) atoms. The lowest BCUT2D eigenvalue weighted by Crippen LogP contribution is -2.05. The highest BCUT2D eigenvalue weighted by Gasteiger charge is 2.25. The van der Waals surface area contributed by atoms with E-state index in [4.69, 9.17) is 4.74 Å². The number of hydrogen-bond acceptors (Lipinski definition) is 5. The second-order valence-electron chi connectivity index (χ2n) is 5.00. The quantitative estimate of drug-likeness (QED) is 0.377. The molecule has 3 rings (SSSR count). The van der Waals surface area contributed by atoms with Crippen LogP contribution in [-0.2, 0) is 9.53 Å². The Balaban J connectivity index is 1.97. The van der Waals surface area contributed by atoms with Crippen LogP contribution in [0.25, 0.3) is 6.08 Å². The highest BCUT2D eigenvalue weighted by molar-refractivity contribution is 6.13. The van der Waals surface area contributed by atoms with Gasteiger partial charge in [-0.2, -0.15) is 0 Å². The maximum atomic E-state index is 12.0. The second kappa shape index (κ2) is 5.84. The van der Waals surface area contributed by atoms with Gasteiger partial charge in [0.2, 0.25) is 5.90 Å². The SMILES string of the molecule is Cc1ccccc1/C=C1\N=C(c2cccc([N+](=O)[O-])c2)OC1=O. The van der Waals surface area contributed by atoms with Crippen molar-refractivity contribution in [3.05, 3.63) is 81.0 Å². The van der Waals surface area contributed by atoms with E-state index in [1.807, 2.05) is 31.2 Å². The molecule has 0 fully saturated rings. The fourth-order valence-corrected chi connectivity index (χ4v) is 2.18. The molecule has 1 heterocycles. The number of benzene rings is 2. The minimum atomic E-state index is -0.574. The zero-order chi connectivity index (χ0) is 16.4. The third-order valence-corrected chi connectivity index (χ3v) is 3.41. The molecule has 0 bridgehead atoms. The van der Waals surface area contributed by atoms with Crippen molar-refractivity contribution in [2.24, 2.45) is 4.99 Å². The molecule has 0 aliphatic carbocycles. The van der Waals surface area contributed by atoms with Gasteiger partial charge in [-0.15, -0.1) is 0 Å². The van der Waals surface area contributed by atoms with E-state index >= 15 is 0 Å². The van der Waals surface area contributed by atoms with Gasteiger partial charge in [0.15, 0.2) is 5.70 Å². The molecule has 0 aromatic heterocycles. The van der Waals surface area contributed by atoms with Crippen LogP contribution in [-0.4, -0.2) is 16.8 Å². The Hall–Kier alpha value is -3.28. The summed E-state index contributed by atoms with van der Waals surface area (Å²) in [6, 6.07) is 13.4. The number of ether oxygens (including phenoxy) is 1. The summed E-state index contributed by atoms with van der Waals surface area (Å²) >= 11 is 0. The van der Waals surface area contributed by atoms with Crippen molar-refractivity contribution >= 4 is 23.6 Å². The number of nitrogens with zero attached hydrogens (tertiary/aromatic N) is 2. The van der Waals surface area contributed by atoms with Crippen molar-refractivity contribution in [2.75, 3.05) is 0 Å². The Morgan fingerprint density at radius 2 is 1.96 bits per heavy atom. The third kappa shape index (κ3) is 3.01. The molecule has 0 saturated heterocycles. The average Bonchev–Trinajstić information content (AvgIpc) is 2.91. The topological polar surface area (TPSA) is 81.8 Å². The van der Waals surface area contributed by atoms with Crippen molar-refractivity contribution in [3.63, 3.8) is 0 Å². The zero-order valence-electron chi connectivity index (χ0n) is 12.2. The summed E-state index contributed by atoms with van der Waals surface area (Å²) in [7, 11) is 0. The molecule has 2 aromatic rings. The highest BCUT2D eigenvalue weighted by Crippen LogP contribution is 2.22. The number of cyclic esters (lactones) is 1. The van der Waals surface area contributed by atoms with E-state index in [-0.39, 0.29) is 17.3 Å². The highest BCUT2D eigenvalue weighted by atomic mass is 16.6. The van der Waals surface area contributed by atoms with Crippen LogP contribution in [0.2, 0.25) is 0 Å². The van der Waals surface area contributed by atoms with E-state index in [9.17, 15) is 14.9 Å². The van der Waals surface area contributed by atoms with Crippen LogP contribution >= 0.6 is 0 Å². The number of hydrogen-bond donors (Lipinski definition) is 0. The maximum absolute atomic E-state index is 12.0. The Morgan fingerprint density at radius 1 is 1.17 bits per heavy atom. The lowest BCUT2D eigenvalue weighted by atomic mass is 10.1. The molecule has 0 unspecified atom stereocenters. The molecule has 0 N–H and O–H groups in total. The molecular formula is C17H12N2O4. The van der Waals surface area contributed by atoms with Gasteiger partial charge in [0.05, 0.1) is 4.92 Å². The van der Waals surface area contributed by atoms with Gasteiger partial charge in [-0.25, -0.2) is 9.79 Å². The predicted octanol–water partition coefficient (Wildman–Crippen LogP) is 3.25. The summed E-state index contributed by atoms with van der Waals surface area (Å²) in [5, 5.41) is 10.8. The minimum absolute atomic E-state index is 0.0681. The number of nitro groups is 1. The number of aryl methyl sites for hydroxylation is 1. The summed E-state index contributed by atoms with van der Waals surface area (Å²) in [6.45, 7) is 1.93. The molecular weight excluding hydrogens is 296 g/mol. The van der Waals surface area contributed by atoms with Gasteiger partial charge in [0.1, 0.15) is 0 Å². The van der Waals surface area contributed by atoms with Crippen LogP contribution in [0.3, 0.4) is 0 Å². The van der Waals surface area contributed by atoms with Crippen molar-refractivity contribution in [1.82, 2.24) is 0 Å². The van der Waals surface area contributed by atoms with Crippen molar-refractivity contribution < 1.29 is 14.5 Å². The second-order valence-corrected chi connectivity index (χ2v) is 5.00. The average molecular weight is 308 g/mol. The van der Waals surface area contributed by atoms with Crippen LogP contribution in [0, 0.1) is 17.0 Å². The summed E-state index contributed by atoms with van der Waals surface area (Å²) in [5.74, 6) is -0.506. The van der Waals surface area contributed by atoms with Crippen molar-refractivity contribution in [3.8, 4) is 0 Å². The predicted molar refractivity (Wildman–Crippen MR) is 84.9 cm³/mol. The van der Waals surface area contributed by atoms with Crippen LogP contribution in [0.4, 0.5) is 5.69 Å². The third-order valence-electron chi connectivity index (χ3n) is 3.41. The van der Waals surface area contributed by atoms with E-state index in [0.717, 1.165) is 11.1 Å². The number of aliphatic imine (C=N–C) groups is 1. The lowest BCUT2D eigenvalue weighted by molar-refractivity contribution is -0.384. The minimum Gasteiger partial charge on any atom is -0.402 e. The molecule has 114 valence electrons. The van der Waals surface area contributed by atoms with Crippen LogP contribution in [0.5, 0.6) is 0 Å². The number of nitro benzene ring substituents is 1. The van der Waals surface area contributed by atoms with Crippen LogP contribution < -0.4 is 0 Å². The Kier molecular flexibility index (Phi) is 3.72. The van der Waals surface area contributed by atoms with Crippen LogP contribution in [0.15, 0.2) is 59.2 Å². The smallest absolute Gasteiger partial charge is 0.363 e. The monoisotopic (exact) mass is 308 g/mol. The number of rotatable bonds is 3. The Bertz CT molecular complexity index is 868. The zero-order valence-corrected chi connectivity index (χ0v) is 12.2. The molecule has 0 radical (unpaired) electrons. The van der Waals surface area contributed by atoms with Gasteiger partial charge < -0.3 is 4.74 Å². The molecule has 0 spiro atoms. The standard InChI is InChI=1S/C17H12N2O4/c1-11-5-2-3-6-12(11)10-15-17(20)23-16(18-15)13-7-4-8-14(9-13)19(21)22/h2-10H,1H3/b15-10-. The van der Waals surface area contributed by atoms with E-state index < -0.39 is 10.9 Å². The summed E-state index contributed by atoms with van der Waals surface area (Å²) < 4.78 is 5.13. The summed E-state index contributed by atoms with van der Waals surface area (Å²) in [4.78, 5) is 26.4. The molecule has 0 atom stereocenters. The first-order chi connectivity index (χ1) is 11.0. The number of carbonyl (C=O) groups is 1. The summed E-state index contributed by atoms with van der Waals surface area (Å²) in [6.07, 6.45) is 1.64. The van der Waals surface area contributed by atoms with Gasteiger partial charge in [0.25, 0.3) is 5.69 Å². The fraction of sp³-hybridized carbons (Fsp3) is 0.0588. The van der Waals surface area contributed by atoms with Crippen molar-refractivity contribution in [1.29, 1.82) is 0 Å². The first-order valence-electron chi connectivity index (χ1n) is 6.87. The number of non-ortho nitro benzene ring substituents is 1. The molecule has 1 aliphatic heterocycles. The van der Waals surface area contributed by atoms with E-state index in [1.165, 1.54) is 18.2 Å². The number of carbonyl (C=O) groups excluding carboxylic acids is 1. The van der Waals surface area contributed by atoms with E-state index in [1.54, 1.807) is 12.1 Å². The molecule has 0 amide bonds. The first-order valence-corrected chi connectivity index (χ1v) is 6.87. The fourth-order valence-electron chi connectivity index (χ4n) is 2.18. The van der Waals surface area contributed by atoms with Gasteiger partial charge in [-0.1, -0.05) is 30.3 Å². The molecule has 0 saturated carbocycles. The molecule has 6 nitrogen and oxygen atoms in total. The normalized spacial score (nSPS) is 15.4. The largest absolute Gasteiger partial charge is 0.402 e. The van der Waals surface area contributed by atoms with Gasteiger partial charge in [-0.3, -0.25) is 10.1 Å². The maximum Gasteiger partial charge on any atom is 0.363 e. The summed E-state index contributed by atoms with van der Waals surface area (Å²) in [5.41, 5.74) is 2.34. The number of esters is 1. The van der Waals surface area contributed by atoms with Crippen LogP contribution in [0.1, 0.15) is 16.7 Å². The first kappa shape index (κ1) is 14.6. The van der Waals surface area contributed by atoms with Crippen molar-refractivity contribution in [2.45, 2.75) is 6.92 Å². The molecule has 6 heteroatoms. The Labute approximate surface area is 131 Å². The van der Waals surface area contributed by atoms with Gasteiger partial charge in [0, 0.05) is 17.7 Å². The molecule has 2 aromatic carbocycles. The Morgan fingerprint density at radius 3 is 2.70 bits per heavy atom. The molecule has 1 aliphatic rings. The van der Waals surface area contributed by atoms with Gasteiger partial charge in [-0.05, 0) is 30.2 Å². The van der Waals surface area contributed by atoms with Gasteiger partial charge >= 0.3 is 5.97 Å². The lowest BCUT2D eigenvalue weighted by Gasteiger charge is -1.99.